The van der Waals surface area contributed by atoms with E-state index in [4.69, 9.17) is 9.84 Å². The number of amides is 2. The molecule has 0 aliphatic carbocycles. The van der Waals surface area contributed by atoms with Gasteiger partial charge in [0.25, 0.3) is 0 Å². The lowest BCUT2D eigenvalue weighted by molar-refractivity contribution is -0.137. The minimum atomic E-state index is -0.933. The highest BCUT2D eigenvalue weighted by Gasteiger charge is 2.13. The maximum Gasteiger partial charge on any atom is 0.319 e. The number of aliphatic carboxylic acids is 1. The predicted molar refractivity (Wildman–Crippen MR) is 80.7 cm³/mol. The molecule has 0 aliphatic rings. The van der Waals surface area contributed by atoms with E-state index in [9.17, 15) is 9.59 Å². The van der Waals surface area contributed by atoms with Gasteiger partial charge in [-0.15, -0.1) is 0 Å². The van der Waals surface area contributed by atoms with E-state index in [0.29, 0.717) is 12.1 Å². The standard InChI is InChI=1S/C15H22N2O4/c1-4-11(9-14(18)19)16-15(20)17-12-5-7-13(8-6-12)21-10(2)3/h5-8,10-11H,4,9H2,1-3H3,(H,18,19)(H2,16,17,20). The lowest BCUT2D eigenvalue weighted by atomic mass is 10.1. The van der Waals surface area contributed by atoms with Crippen LogP contribution in [0, 0.1) is 0 Å². The number of benzene rings is 1. The van der Waals surface area contributed by atoms with Gasteiger partial charge in [-0.3, -0.25) is 4.79 Å². The Hall–Kier alpha value is -2.24. The third-order valence-electron chi connectivity index (χ3n) is 2.73. The summed E-state index contributed by atoms with van der Waals surface area (Å²) >= 11 is 0. The van der Waals surface area contributed by atoms with Crippen molar-refractivity contribution in [3.8, 4) is 5.75 Å². The Morgan fingerprint density at radius 2 is 1.86 bits per heavy atom. The van der Waals surface area contributed by atoms with Crippen LogP contribution in [0.4, 0.5) is 10.5 Å². The summed E-state index contributed by atoms with van der Waals surface area (Å²) in [7, 11) is 0. The summed E-state index contributed by atoms with van der Waals surface area (Å²) in [6.45, 7) is 5.70. The first-order valence-corrected chi connectivity index (χ1v) is 6.96. The van der Waals surface area contributed by atoms with E-state index in [-0.39, 0.29) is 18.6 Å². The minimum absolute atomic E-state index is 0.0911. The van der Waals surface area contributed by atoms with E-state index >= 15 is 0 Å². The summed E-state index contributed by atoms with van der Waals surface area (Å²) in [5, 5.41) is 14.0. The molecule has 6 nitrogen and oxygen atoms in total. The monoisotopic (exact) mass is 294 g/mol. The summed E-state index contributed by atoms with van der Waals surface area (Å²) < 4.78 is 5.51. The number of urea groups is 1. The fraction of sp³-hybridized carbons (Fsp3) is 0.467. The molecule has 0 fully saturated rings. The van der Waals surface area contributed by atoms with Gasteiger partial charge in [0, 0.05) is 11.7 Å². The van der Waals surface area contributed by atoms with Gasteiger partial charge in [0.05, 0.1) is 12.5 Å². The Morgan fingerprint density at radius 3 is 2.33 bits per heavy atom. The predicted octanol–water partition coefficient (Wildman–Crippen LogP) is 2.85. The van der Waals surface area contributed by atoms with Crippen LogP contribution in [0.15, 0.2) is 24.3 Å². The van der Waals surface area contributed by atoms with Gasteiger partial charge in [-0.1, -0.05) is 6.92 Å². The molecular weight excluding hydrogens is 272 g/mol. The quantitative estimate of drug-likeness (QED) is 0.721. The zero-order valence-electron chi connectivity index (χ0n) is 12.6. The highest BCUT2D eigenvalue weighted by Crippen LogP contribution is 2.16. The van der Waals surface area contributed by atoms with Gasteiger partial charge in [0.1, 0.15) is 5.75 Å². The van der Waals surface area contributed by atoms with Crippen LogP contribution in [0.1, 0.15) is 33.6 Å². The van der Waals surface area contributed by atoms with Gasteiger partial charge in [-0.2, -0.15) is 0 Å². The highest BCUT2D eigenvalue weighted by molar-refractivity contribution is 5.89. The second kappa shape index (κ2) is 8.14. The van der Waals surface area contributed by atoms with Crippen molar-refractivity contribution in [3.05, 3.63) is 24.3 Å². The van der Waals surface area contributed by atoms with Crippen molar-refractivity contribution in [1.29, 1.82) is 0 Å². The number of nitrogens with one attached hydrogen (secondary N) is 2. The van der Waals surface area contributed by atoms with Gasteiger partial charge in [0.2, 0.25) is 0 Å². The number of hydrogen-bond donors (Lipinski definition) is 3. The molecule has 3 N–H and O–H groups in total. The molecular formula is C15H22N2O4. The van der Waals surface area contributed by atoms with Crippen molar-refractivity contribution in [1.82, 2.24) is 5.32 Å². The molecule has 1 aromatic rings. The average Bonchev–Trinajstić information content (AvgIpc) is 2.39. The lowest BCUT2D eigenvalue weighted by Crippen LogP contribution is -2.38. The third-order valence-corrected chi connectivity index (χ3v) is 2.73. The summed E-state index contributed by atoms with van der Waals surface area (Å²) in [6, 6.07) is 6.20. The lowest BCUT2D eigenvalue weighted by Gasteiger charge is -2.16. The Labute approximate surface area is 124 Å². The maximum atomic E-state index is 11.8. The summed E-state index contributed by atoms with van der Waals surface area (Å²) in [5.74, 6) is -0.203. The molecule has 1 aromatic carbocycles. The highest BCUT2D eigenvalue weighted by atomic mass is 16.5. The Kier molecular flexibility index (Phi) is 6.52. The molecule has 0 bridgehead atoms. The van der Waals surface area contributed by atoms with Crippen molar-refractivity contribution in [3.63, 3.8) is 0 Å². The molecule has 1 atom stereocenters. The van der Waals surface area contributed by atoms with Gasteiger partial charge in [0.15, 0.2) is 0 Å². The third kappa shape index (κ3) is 6.65. The van der Waals surface area contributed by atoms with Gasteiger partial charge < -0.3 is 20.5 Å². The summed E-state index contributed by atoms with van der Waals surface area (Å²) in [6.07, 6.45) is 0.555. The molecule has 0 radical (unpaired) electrons. The fourth-order valence-corrected chi connectivity index (χ4v) is 1.75. The molecule has 116 valence electrons. The van der Waals surface area contributed by atoms with Gasteiger partial charge in [-0.05, 0) is 44.5 Å². The van der Waals surface area contributed by atoms with Crippen molar-refractivity contribution < 1.29 is 19.4 Å². The molecule has 1 unspecified atom stereocenters. The van der Waals surface area contributed by atoms with E-state index in [0.717, 1.165) is 5.75 Å². The first kappa shape index (κ1) is 16.8. The van der Waals surface area contributed by atoms with Crippen molar-refractivity contribution in [2.24, 2.45) is 0 Å². The molecule has 0 aliphatic heterocycles. The number of rotatable bonds is 7. The number of carboxylic acid groups (broad SMARTS) is 1. The van der Waals surface area contributed by atoms with E-state index in [2.05, 4.69) is 10.6 Å². The Balaban J connectivity index is 2.52. The van der Waals surface area contributed by atoms with Gasteiger partial charge in [-0.25, -0.2) is 4.79 Å². The molecule has 6 heteroatoms. The van der Waals surface area contributed by atoms with Crippen molar-refractivity contribution in [2.75, 3.05) is 5.32 Å². The molecule has 0 aromatic heterocycles. The van der Waals surface area contributed by atoms with Crippen LogP contribution in [0.3, 0.4) is 0 Å². The molecule has 0 saturated carbocycles. The normalized spacial score (nSPS) is 11.8. The second-order valence-corrected chi connectivity index (χ2v) is 4.99. The fourth-order valence-electron chi connectivity index (χ4n) is 1.75. The van der Waals surface area contributed by atoms with Crippen LogP contribution in [0.25, 0.3) is 0 Å². The topological polar surface area (TPSA) is 87.7 Å². The average molecular weight is 294 g/mol. The molecule has 0 spiro atoms. The maximum absolute atomic E-state index is 11.8. The van der Waals surface area contributed by atoms with Gasteiger partial charge >= 0.3 is 12.0 Å². The zero-order chi connectivity index (χ0) is 15.8. The first-order valence-electron chi connectivity index (χ1n) is 6.96. The summed E-state index contributed by atoms with van der Waals surface area (Å²) in [5.41, 5.74) is 0.619. The minimum Gasteiger partial charge on any atom is -0.491 e. The molecule has 0 saturated heterocycles. The number of anilines is 1. The van der Waals surface area contributed by atoms with Crippen molar-refractivity contribution >= 4 is 17.7 Å². The Bertz CT molecular complexity index is 471. The van der Waals surface area contributed by atoms with Crippen LogP contribution >= 0.6 is 0 Å². The second-order valence-electron chi connectivity index (χ2n) is 4.99. The SMILES string of the molecule is CCC(CC(=O)O)NC(=O)Nc1ccc(OC(C)C)cc1. The number of carboxylic acids is 1. The van der Waals surface area contributed by atoms with E-state index < -0.39 is 12.0 Å². The molecule has 2 amide bonds. The van der Waals surface area contributed by atoms with Crippen LogP contribution in [-0.4, -0.2) is 29.3 Å². The number of carbonyl (C=O) groups excluding carboxylic acids is 1. The molecule has 0 heterocycles. The zero-order valence-corrected chi connectivity index (χ0v) is 12.6. The number of carbonyl (C=O) groups is 2. The number of ether oxygens (including phenoxy) is 1. The van der Waals surface area contributed by atoms with Crippen molar-refractivity contribution in [2.45, 2.75) is 45.8 Å². The van der Waals surface area contributed by atoms with Crippen LogP contribution < -0.4 is 15.4 Å². The van der Waals surface area contributed by atoms with E-state index in [1.54, 1.807) is 24.3 Å². The molecule has 1 rings (SSSR count). The summed E-state index contributed by atoms with van der Waals surface area (Å²) in [4.78, 5) is 22.4. The van der Waals surface area contributed by atoms with E-state index in [1.807, 2.05) is 20.8 Å². The molecule has 21 heavy (non-hydrogen) atoms. The largest absolute Gasteiger partial charge is 0.491 e. The van der Waals surface area contributed by atoms with E-state index in [1.165, 1.54) is 0 Å². The van der Waals surface area contributed by atoms with Crippen LogP contribution in [-0.2, 0) is 4.79 Å². The Morgan fingerprint density at radius 1 is 1.24 bits per heavy atom. The smallest absolute Gasteiger partial charge is 0.319 e. The van der Waals surface area contributed by atoms with Crippen LogP contribution in [0.5, 0.6) is 5.75 Å². The number of hydrogen-bond acceptors (Lipinski definition) is 3. The first-order chi connectivity index (χ1) is 9.90. The van der Waals surface area contributed by atoms with Crippen LogP contribution in [0.2, 0.25) is 0 Å².